The Morgan fingerprint density at radius 1 is 1.08 bits per heavy atom. The van der Waals surface area contributed by atoms with Crippen LogP contribution in [0.3, 0.4) is 0 Å². The van der Waals surface area contributed by atoms with Crippen LogP contribution in [0.15, 0.2) is 48.5 Å². The van der Waals surface area contributed by atoms with E-state index in [1.165, 1.54) is 0 Å². The summed E-state index contributed by atoms with van der Waals surface area (Å²) in [6.07, 6.45) is 4.38. The second kappa shape index (κ2) is 10.00. The fourth-order valence-electron chi connectivity index (χ4n) is 2.84. The van der Waals surface area contributed by atoms with Gasteiger partial charge in [-0.15, -0.1) is 0 Å². The lowest BCUT2D eigenvalue weighted by molar-refractivity contribution is 0.102. The zero-order valence-electron chi connectivity index (χ0n) is 15.2. The minimum Gasteiger partial charge on any atom is -0.490 e. The average molecular weight is 340 g/mol. The summed E-state index contributed by atoms with van der Waals surface area (Å²) in [7, 11) is 0. The highest BCUT2D eigenvalue weighted by Gasteiger charge is 2.18. The number of ketones is 1. The molecule has 1 N–H and O–H groups in total. The lowest BCUT2D eigenvalue weighted by atomic mass is 9.99. The van der Waals surface area contributed by atoms with E-state index in [9.17, 15) is 9.90 Å². The van der Waals surface area contributed by atoms with Gasteiger partial charge in [-0.2, -0.15) is 0 Å². The van der Waals surface area contributed by atoms with Crippen LogP contribution in [-0.2, 0) is 6.42 Å². The average Bonchev–Trinajstić information content (AvgIpc) is 2.66. The quantitative estimate of drug-likeness (QED) is 0.632. The van der Waals surface area contributed by atoms with E-state index >= 15 is 0 Å². The van der Waals surface area contributed by atoms with Crippen LogP contribution in [0.5, 0.6) is 5.75 Å². The number of aryl methyl sites for hydroxylation is 1. The minimum absolute atomic E-state index is 0.0239. The first-order valence-electron chi connectivity index (χ1n) is 9.19. The summed E-state index contributed by atoms with van der Waals surface area (Å²) in [4.78, 5) is 13.0. The third-order valence-corrected chi connectivity index (χ3v) is 4.36. The Morgan fingerprint density at radius 2 is 1.84 bits per heavy atom. The lowest BCUT2D eigenvalue weighted by Crippen LogP contribution is -2.20. The van der Waals surface area contributed by atoms with E-state index in [2.05, 4.69) is 13.8 Å². The molecule has 25 heavy (non-hydrogen) atoms. The Kier molecular flexibility index (Phi) is 7.68. The molecule has 0 aliphatic carbocycles. The highest BCUT2D eigenvalue weighted by molar-refractivity contribution is 6.10. The molecule has 0 aromatic heterocycles. The normalized spacial score (nSPS) is 12.0. The van der Waals surface area contributed by atoms with Gasteiger partial charge in [0.25, 0.3) is 0 Å². The molecule has 0 spiro atoms. The molecule has 2 rings (SSSR count). The molecule has 0 amide bonds. The molecule has 3 nitrogen and oxygen atoms in total. The first kappa shape index (κ1) is 19.2. The number of ether oxygens (including phenoxy) is 1. The summed E-state index contributed by atoms with van der Waals surface area (Å²) in [5, 5.41) is 9.31. The third-order valence-electron chi connectivity index (χ3n) is 4.36. The van der Waals surface area contributed by atoms with Crippen LogP contribution in [0.2, 0.25) is 0 Å². The predicted octanol–water partition coefficient (Wildman–Crippen LogP) is 4.80. The summed E-state index contributed by atoms with van der Waals surface area (Å²) in [5.74, 6) is 0.588. The lowest BCUT2D eigenvalue weighted by Gasteiger charge is -2.20. The van der Waals surface area contributed by atoms with E-state index in [0.717, 1.165) is 31.2 Å². The molecule has 0 heterocycles. The Balaban J connectivity index is 2.32. The number of hydrogen-bond acceptors (Lipinski definition) is 3. The van der Waals surface area contributed by atoms with E-state index < -0.39 is 0 Å². The summed E-state index contributed by atoms with van der Waals surface area (Å²) < 4.78 is 6.15. The van der Waals surface area contributed by atoms with Gasteiger partial charge in [0.2, 0.25) is 0 Å². The monoisotopic (exact) mass is 340 g/mol. The van der Waals surface area contributed by atoms with Crippen LogP contribution in [0, 0.1) is 0 Å². The van der Waals surface area contributed by atoms with Crippen molar-refractivity contribution in [2.75, 3.05) is 6.61 Å². The summed E-state index contributed by atoms with van der Waals surface area (Å²) in [6.45, 7) is 4.29. The highest BCUT2D eigenvalue weighted by atomic mass is 16.5. The highest BCUT2D eigenvalue weighted by Crippen LogP contribution is 2.26. The van der Waals surface area contributed by atoms with Crippen LogP contribution >= 0.6 is 0 Å². The molecule has 3 heteroatoms. The van der Waals surface area contributed by atoms with Gasteiger partial charge in [-0.05, 0) is 30.5 Å². The third kappa shape index (κ3) is 5.43. The van der Waals surface area contributed by atoms with Gasteiger partial charge in [0.15, 0.2) is 5.78 Å². The van der Waals surface area contributed by atoms with Crippen LogP contribution in [0.1, 0.15) is 61.0 Å². The molecular weight excluding hydrogens is 312 g/mol. The number of benzene rings is 2. The van der Waals surface area contributed by atoms with Gasteiger partial charge in [0.1, 0.15) is 11.9 Å². The van der Waals surface area contributed by atoms with Gasteiger partial charge in [-0.25, -0.2) is 0 Å². The molecule has 0 bridgehead atoms. The molecule has 0 saturated heterocycles. The first-order valence-corrected chi connectivity index (χ1v) is 9.19. The molecule has 1 unspecified atom stereocenters. The van der Waals surface area contributed by atoms with Crippen molar-refractivity contribution < 1.29 is 14.6 Å². The molecule has 0 aliphatic rings. The number of carbonyl (C=O) groups excluding carboxylic acids is 1. The van der Waals surface area contributed by atoms with Crippen molar-refractivity contribution in [3.63, 3.8) is 0 Å². The number of aliphatic hydroxyl groups excluding tert-OH is 1. The fourth-order valence-corrected chi connectivity index (χ4v) is 2.84. The minimum atomic E-state index is -0.0697. The smallest absolute Gasteiger partial charge is 0.196 e. The number of carbonyl (C=O) groups is 1. The van der Waals surface area contributed by atoms with Crippen molar-refractivity contribution in [3.05, 3.63) is 65.2 Å². The number of aliphatic hydroxyl groups is 1. The van der Waals surface area contributed by atoms with Crippen molar-refractivity contribution >= 4 is 5.78 Å². The van der Waals surface area contributed by atoms with Crippen LogP contribution in [0.4, 0.5) is 0 Å². The zero-order chi connectivity index (χ0) is 18.1. The summed E-state index contributed by atoms with van der Waals surface area (Å²) in [5.41, 5.74) is 2.37. The van der Waals surface area contributed by atoms with Crippen molar-refractivity contribution in [2.24, 2.45) is 0 Å². The largest absolute Gasteiger partial charge is 0.490 e. The Hall–Kier alpha value is -2.13. The molecule has 0 radical (unpaired) electrons. The van der Waals surface area contributed by atoms with E-state index in [1.807, 2.05) is 48.5 Å². The second-order valence-corrected chi connectivity index (χ2v) is 6.27. The van der Waals surface area contributed by atoms with E-state index in [0.29, 0.717) is 23.3 Å². The van der Waals surface area contributed by atoms with E-state index in [1.54, 1.807) is 0 Å². The molecule has 0 saturated carbocycles. The maximum atomic E-state index is 13.0. The predicted molar refractivity (Wildman–Crippen MR) is 101 cm³/mol. The van der Waals surface area contributed by atoms with Crippen molar-refractivity contribution in [3.8, 4) is 5.75 Å². The molecule has 0 aliphatic heterocycles. The standard InChI is InChI=1S/C22H28O3/c1-3-5-11-19(14-15-23)25-21-13-12-17(4-2)16-20(21)22(24)18-9-7-6-8-10-18/h6-10,12-13,16,19,23H,3-5,11,14-15H2,1-2H3. The van der Waals surface area contributed by atoms with Gasteiger partial charge < -0.3 is 9.84 Å². The Labute approximate surface area is 150 Å². The van der Waals surface area contributed by atoms with Gasteiger partial charge in [0, 0.05) is 18.6 Å². The first-order chi connectivity index (χ1) is 12.2. The Morgan fingerprint density at radius 3 is 2.48 bits per heavy atom. The zero-order valence-corrected chi connectivity index (χ0v) is 15.2. The van der Waals surface area contributed by atoms with Crippen LogP contribution in [0.25, 0.3) is 0 Å². The maximum absolute atomic E-state index is 13.0. The maximum Gasteiger partial charge on any atom is 0.196 e. The van der Waals surface area contributed by atoms with Crippen molar-refractivity contribution in [2.45, 2.75) is 52.1 Å². The van der Waals surface area contributed by atoms with Crippen molar-refractivity contribution in [1.29, 1.82) is 0 Å². The molecule has 2 aromatic carbocycles. The molecular formula is C22H28O3. The van der Waals surface area contributed by atoms with Crippen LogP contribution < -0.4 is 4.74 Å². The number of unbranched alkanes of at least 4 members (excludes halogenated alkanes) is 1. The van der Waals surface area contributed by atoms with Gasteiger partial charge in [0.05, 0.1) is 5.56 Å². The van der Waals surface area contributed by atoms with E-state index in [-0.39, 0.29) is 18.5 Å². The fraction of sp³-hybridized carbons (Fsp3) is 0.409. The molecule has 2 aromatic rings. The number of rotatable bonds is 10. The van der Waals surface area contributed by atoms with Gasteiger partial charge >= 0.3 is 0 Å². The van der Waals surface area contributed by atoms with Crippen molar-refractivity contribution in [1.82, 2.24) is 0 Å². The number of hydrogen-bond donors (Lipinski definition) is 1. The molecule has 1 atom stereocenters. The summed E-state index contributed by atoms with van der Waals surface area (Å²) >= 11 is 0. The van der Waals surface area contributed by atoms with Gasteiger partial charge in [-0.1, -0.05) is 63.1 Å². The van der Waals surface area contributed by atoms with Gasteiger partial charge in [-0.3, -0.25) is 4.79 Å². The second-order valence-electron chi connectivity index (χ2n) is 6.27. The van der Waals surface area contributed by atoms with Crippen LogP contribution in [-0.4, -0.2) is 23.6 Å². The SMILES string of the molecule is CCCCC(CCO)Oc1ccc(CC)cc1C(=O)c1ccccc1. The summed E-state index contributed by atoms with van der Waals surface area (Å²) in [6, 6.07) is 15.1. The Bertz CT molecular complexity index is 664. The topological polar surface area (TPSA) is 46.5 Å². The molecule has 134 valence electrons. The van der Waals surface area contributed by atoms with E-state index in [4.69, 9.17) is 4.74 Å². The molecule has 0 fully saturated rings.